The normalized spacial score (nSPS) is 13.4. The average Bonchev–Trinajstić information content (AvgIpc) is 2.92. The van der Waals surface area contributed by atoms with Gasteiger partial charge >= 0.3 is 0 Å². The van der Waals surface area contributed by atoms with Gasteiger partial charge in [-0.2, -0.15) is 0 Å². The molecule has 0 aliphatic heterocycles. The number of halogens is 3. The van der Waals surface area contributed by atoms with Crippen molar-refractivity contribution < 1.29 is 22.7 Å². The smallest absolute Gasteiger partial charge is 0.270 e. The fourth-order valence-corrected chi connectivity index (χ4v) is 4.92. The van der Waals surface area contributed by atoms with Crippen LogP contribution in [-0.4, -0.2) is 13.0 Å². The highest BCUT2D eigenvalue weighted by atomic mass is 19.3. The van der Waals surface area contributed by atoms with E-state index in [0.29, 0.717) is 22.4 Å². The molecule has 0 aromatic heterocycles. The second-order valence-corrected chi connectivity index (χ2v) is 10.7. The molecule has 1 atom stereocenters. The van der Waals surface area contributed by atoms with Crippen molar-refractivity contribution in [3.8, 4) is 5.75 Å². The lowest BCUT2D eigenvalue weighted by atomic mass is 9.76. The van der Waals surface area contributed by atoms with Gasteiger partial charge < -0.3 is 10.1 Å². The van der Waals surface area contributed by atoms with Crippen LogP contribution in [0.1, 0.15) is 54.2 Å². The van der Waals surface area contributed by atoms with Gasteiger partial charge in [0.15, 0.2) is 0 Å². The van der Waals surface area contributed by atoms with Crippen LogP contribution in [0, 0.1) is 0 Å². The van der Waals surface area contributed by atoms with Crippen molar-refractivity contribution in [2.75, 3.05) is 7.11 Å². The molecule has 0 fully saturated rings. The van der Waals surface area contributed by atoms with E-state index >= 15 is 4.39 Å². The van der Waals surface area contributed by atoms with Gasteiger partial charge in [0.2, 0.25) is 5.91 Å². The number of hydrogen-bond donors (Lipinski definition) is 1. The number of rotatable bonds is 10. The van der Waals surface area contributed by atoms with Crippen LogP contribution in [0.5, 0.6) is 5.75 Å². The van der Waals surface area contributed by atoms with Crippen LogP contribution in [0.15, 0.2) is 103 Å². The molecule has 0 radical (unpaired) electrons. The summed E-state index contributed by atoms with van der Waals surface area (Å²) in [5.41, 5.74) is -0.0102. The van der Waals surface area contributed by atoms with E-state index in [4.69, 9.17) is 4.74 Å². The van der Waals surface area contributed by atoms with Gasteiger partial charge in [-0.1, -0.05) is 78.9 Å². The van der Waals surface area contributed by atoms with E-state index in [1.54, 1.807) is 61.7 Å². The van der Waals surface area contributed by atoms with E-state index in [0.717, 1.165) is 18.1 Å². The Morgan fingerprint density at radius 2 is 1.25 bits per heavy atom. The Balaban J connectivity index is 1.92. The van der Waals surface area contributed by atoms with Gasteiger partial charge in [-0.25, -0.2) is 13.2 Å². The maximum Gasteiger partial charge on any atom is 0.270 e. The number of ether oxygens (including phenoxy) is 1. The van der Waals surface area contributed by atoms with Crippen LogP contribution in [0.3, 0.4) is 0 Å². The second kappa shape index (κ2) is 11.6. The minimum atomic E-state index is -3.10. The Morgan fingerprint density at radius 3 is 1.85 bits per heavy atom. The van der Waals surface area contributed by atoms with E-state index in [1.807, 2.05) is 36.4 Å². The lowest BCUT2D eigenvalue weighted by Crippen LogP contribution is -2.49. The van der Waals surface area contributed by atoms with Crippen molar-refractivity contribution in [1.29, 1.82) is 0 Å². The molecule has 0 heterocycles. The SMILES string of the molecule is COc1cccc(CC(=O)NC(Cc2ccccc2)(c2cccc(C(C)(C)F)c2)c2cccc(C(C)(F)F)c2)c1. The summed E-state index contributed by atoms with van der Waals surface area (Å²) < 4.78 is 49.6. The minimum Gasteiger partial charge on any atom is -0.497 e. The van der Waals surface area contributed by atoms with E-state index in [2.05, 4.69) is 5.32 Å². The Morgan fingerprint density at radius 1 is 0.700 bits per heavy atom. The molecule has 0 saturated heterocycles. The molecule has 0 saturated carbocycles. The van der Waals surface area contributed by atoms with E-state index in [1.165, 1.54) is 26.0 Å². The fourth-order valence-electron chi connectivity index (χ4n) is 4.92. The molecule has 6 heteroatoms. The summed E-state index contributed by atoms with van der Waals surface area (Å²) in [4.78, 5) is 13.8. The number of carbonyl (C=O) groups is 1. The van der Waals surface area contributed by atoms with Gasteiger partial charge in [0, 0.05) is 18.9 Å². The van der Waals surface area contributed by atoms with Gasteiger partial charge in [-0.15, -0.1) is 0 Å². The zero-order valence-corrected chi connectivity index (χ0v) is 23.2. The van der Waals surface area contributed by atoms with E-state index in [9.17, 15) is 13.6 Å². The van der Waals surface area contributed by atoms with Crippen LogP contribution in [-0.2, 0) is 34.8 Å². The molecular formula is C34H34F3NO2. The number of amides is 1. The molecule has 4 rings (SSSR count). The summed E-state index contributed by atoms with van der Waals surface area (Å²) in [6.07, 6.45) is 0.290. The molecule has 0 bridgehead atoms. The van der Waals surface area contributed by atoms with Gasteiger partial charge in [-0.3, -0.25) is 4.79 Å². The predicted octanol–water partition coefficient (Wildman–Crippen LogP) is 7.86. The minimum absolute atomic E-state index is 0.0334. The quantitative estimate of drug-likeness (QED) is 0.220. The van der Waals surface area contributed by atoms with Crippen LogP contribution in [0.25, 0.3) is 0 Å². The third-order valence-corrected chi connectivity index (χ3v) is 7.07. The molecule has 4 aromatic rings. The molecule has 4 aromatic carbocycles. The van der Waals surface area contributed by atoms with Crippen LogP contribution < -0.4 is 10.1 Å². The van der Waals surface area contributed by atoms with Gasteiger partial charge in [0.1, 0.15) is 11.4 Å². The van der Waals surface area contributed by atoms with Crippen molar-refractivity contribution in [3.05, 3.63) is 137 Å². The third kappa shape index (κ3) is 6.74. The number of benzene rings is 4. The molecule has 3 nitrogen and oxygen atoms in total. The zero-order chi connectivity index (χ0) is 29.0. The predicted molar refractivity (Wildman–Crippen MR) is 152 cm³/mol. The molecule has 1 N–H and O–H groups in total. The first-order valence-electron chi connectivity index (χ1n) is 13.2. The molecule has 0 spiro atoms. The van der Waals surface area contributed by atoms with Crippen molar-refractivity contribution in [2.24, 2.45) is 0 Å². The number of alkyl halides is 3. The Labute approximate surface area is 234 Å². The second-order valence-electron chi connectivity index (χ2n) is 10.7. The maximum atomic E-state index is 15.2. The molecule has 208 valence electrons. The highest BCUT2D eigenvalue weighted by molar-refractivity contribution is 5.80. The first kappa shape index (κ1) is 28.9. The highest BCUT2D eigenvalue weighted by Gasteiger charge is 2.38. The van der Waals surface area contributed by atoms with Gasteiger partial charge in [0.25, 0.3) is 5.92 Å². The van der Waals surface area contributed by atoms with Crippen LogP contribution >= 0.6 is 0 Å². The van der Waals surface area contributed by atoms with Crippen LogP contribution in [0.2, 0.25) is 0 Å². The molecule has 1 amide bonds. The van der Waals surface area contributed by atoms with Crippen molar-refractivity contribution >= 4 is 5.91 Å². The van der Waals surface area contributed by atoms with Gasteiger partial charge in [-0.05, 0) is 65.9 Å². The number of hydrogen-bond acceptors (Lipinski definition) is 2. The van der Waals surface area contributed by atoms with E-state index in [-0.39, 0.29) is 24.3 Å². The first-order chi connectivity index (χ1) is 18.9. The zero-order valence-electron chi connectivity index (χ0n) is 23.2. The van der Waals surface area contributed by atoms with Crippen LogP contribution in [0.4, 0.5) is 13.2 Å². The largest absolute Gasteiger partial charge is 0.497 e. The molecule has 0 aliphatic rings. The van der Waals surface area contributed by atoms with E-state index < -0.39 is 17.1 Å². The van der Waals surface area contributed by atoms with Crippen molar-refractivity contribution in [2.45, 2.75) is 50.7 Å². The lowest BCUT2D eigenvalue weighted by molar-refractivity contribution is -0.122. The Kier molecular flexibility index (Phi) is 8.38. The monoisotopic (exact) mass is 545 g/mol. The summed E-state index contributed by atoms with van der Waals surface area (Å²) in [7, 11) is 1.56. The van der Waals surface area contributed by atoms with Crippen molar-refractivity contribution in [3.63, 3.8) is 0 Å². The summed E-state index contributed by atoms with van der Waals surface area (Å²) in [6.45, 7) is 3.77. The fraction of sp³-hybridized carbons (Fsp3) is 0.265. The number of carbonyl (C=O) groups excluding carboxylic acids is 1. The average molecular weight is 546 g/mol. The topological polar surface area (TPSA) is 38.3 Å². The van der Waals surface area contributed by atoms with Crippen molar-refractivity contribution in [1.82, 2.24) is 5.32 Å². The first-order valence-corrected chi connectivity index (χ1v) is 13.2. The Bertz CT molecular complexity index is 1400. The molecule has 40 heavy (non-hydrogen) atoms. The third-order valence-electron chi connectivity index (χ3n) is 7.07. The molecule has 1 unspecified atom stereocenters. The number of nitrogens with one attached hydrogen (secondary N) is 1. The maximum absolute atomic E-state index is 15.2. The number of methoxy groups -OCH3 is 1. The Hall–Kier alpha value is -4.06. The summed E-state index contributed by atoms with van der Waals surface area (Å²) in [5, 5.41) is 3.21. The summed E-state index contributed by atoms with van der Waals surface area (Å²) in [6, 6.07) is 29.7. The lowest BCUT2D eigenvalue weighted by Gasteiger charge is -2.38. The highest BCUT2D eigenvalue weighted by Crippen LogP contribution is 2.38. The standard InChI is InChI=1S/C34H34F3NO2/c1-32(2,35)26-14-9-16-28(21-26)34(23-24-11-6-5-7-12-24,29-17-10-15-27(22-29)33(3,36)37)38-31(39)20-25-13-8-18-30(19-25)40-4/h5-19,21-22H,20,23H2,1-4H3,(H,38,39). The molecule has 0 aliphatic carbocycles. The molecular weight excluding hydrogens is 511 g/mol. The summed E-state index contributed by atoms with van der Waals surface area (Å²) in [5.74, 6) is -2.79. The van der Waals surface area contributed by atoms with Gasteiger partial charge in [0.05, 0.1) is 19.1 Å². The summed E-state index contributed by atoms with van der Waals surface area (Å²) >= 11 is 0.